The average Bonchev–Trinajstić information content (AvgIpc) is 2.48. The van der Waals surface area contributed by atoms with Crippen molar-refractivity contribution in [3.63, 3.8) is 0 Å². The maximum absolute atomic E-state index is 9.28. The van der Waals surface area contributed by atoms with Crippen LogP contribution in [0.25, 0.3) is 0 Å². The molecule has 2 aliphatic heterocycles. The standard InChI is InChI=1S/C10H18O3.C6H13IO/c1-3-7-11-9(5-1)13-10-6-2-4-8-12-10;1-5(4-7)6(2,3)8/h9-10H,1-8H2;5,8H,4H2,1-3H3/t;5-/m.0/s1. The van der Waals surface area contributed by atoms with E-state index >= 15 is 0 Å². The Morgan fingerprint density at radius 1 is 1.10 bits per heavy atom. The third-order valence-corrected chi connectivity index (χ3v) is 5.34. The predicted octanol–water partition coefficient (Wildman–Crippen LogP) is 3.88. The number of halogens is 1. The van der Waals surface area contributed by atoms with E-state index in [1.807, 2.05) is 20.8 Å². The van der Waals surface area contributed by atoms with Crippen LogP contribution in [0.5, 0.6) is 0 Å². The molecule has 21 heavy (non-hydrogen) atoms. The lowest BCUT2D eigenvalue weighted by atomic mass is 9.95. The van der Waals surface area contributed by atoms with Crippen LogP contribution in [0.4, 0.5) is 0 Å². The van der Waals surface area contributed by atoms with E-state index in [0.29, 0.717) is 5.92 Å². The fourth-order valence-corrected chi connectivity index (χ4v) is 3.07. The van der Waals surface area contributed by atoms with Crippen LogP contribution in [-0.4, -0.2) is 40.9 Å². The molecule has 0 bridgehead atoms. The third-order valence-electron chi connectivity index (χ3n) is 4.02. The summed E-state index contributed by atoms with van der Waals surface area (Å²) in [6.07, 6.45) is 6.83. The largest absolute Gasteiger partial charge is 0.390 e. The molecule has 2 saturated heterocycles. The maximum atomic E-state index is 9.28. The highest BCUT2D eigenvalue weighted by Crippen LogP contribution is 2.20. The van der Waals surface area contributed by atoms with Crippen LogP contribution in [0.3, 0.4) is 0 Å². The topological polar surface area (TPSA) is 47.9 Å². The minimum Gasteiger partial charge on any atom is -0.390 e. The van der Waals surface area contributed by atoms with Gasteiger partial charge in [-0.2, -0.15) is 0 Å². The Kier molecular flexibility index (Phi) is 9.68. The lowest BCUT2D eigenvalue weighted by Crippen LogP contribution is -2.31. The van der Waals surface area contributed by atoms with Crippen molar-refractivity contribution in [2.45, 2.75) is 77.5 Å². The van der Waals surface area contributed by atoms with Gasteiger partial charge in [-0.1, -0.05) is 29.5 Å². The first kappa shape index (κ1) is 19.6. The lowest BCUT2D eigenvalue weighted by Gasteiger charge is -2.29. The van der Waals surface area contributed by atoms with Crippen LogP contribution in [-0.2, 0) is 14.2 Å². The number of hydrogen-bond acceptors (Lipinski definition) is 4. The van der Waals surface area contributed by atoms with Gasteiger partial charge in [-0.25, -0.2) is 0 Å². The number of rotatable bonds is 4. The fraction of sp³-hybridized carbons (Fsp3) is 1.00. The fourth-order valence-electron chi connectivity index (χ4n) is 2.00. The molecule has 126 valence electrons. The van der Waals surface area contributed by atoms with Crippen LogP contribution in [0, 0.1) is 5.92 Å². The molecular formula is C16H31IO4. The summed E-state index contributed by atoms with van der Waals surface area (Å²) in [6, 6.07) is 0. The van der Waals surface area contributed by atoms with E-state index in [2.05, 4.69) is 22.6 Å². The van der Waals surface area contributed by atoms with Crippen molar-refractivity contribution >= 4 is 22.6 Å². The van der Waals surface area contributed by atoms with Gasteiger partial charge in [-0.3, -0.25) is 0 Å². The molecule has 0 spiro atoms. The second kappa shape index (κ2) is 10.4. The summed E-state index contributed by atoms with van der Waals surface area (Å²) in [5.41, 5.74) is -0.499. The molecule has 0 aromatic rings. The van der Waals surface area contributed by atoms with E-state index in [1.165, 1.54) is 25.7 Å². The van der Waals surface area contributed by atoms with E-state index in [4.69, 9.17) is 14.2 Å². The van der Waals surface area contributed by atoms with Gasteiger partial charge < -0.3 is 19.3 Å². The Morgan fingerprint density at radius 2 is 1.57 bits per heavy atom. The molecule has 2 heterocycles. The van der Waals surface area contributed by atoms with Crippen molar-refractivity contribution in [3.05, 3.63) is 0 Å². The molecule has 0 aliphatic carbocycles. The number of hydrogen-bond donors (Lipinski definition) is 1. The van der Waals surface area contributed by atoms with Crippen molar-refractivity contribution < 1.29 is 19.3 Å². The smallest absolute Gasteiger partial charge is 0.160 e. The molecule has 2 unspecified atom stereocenters. The van der Waals surface area contributed by atoms with Gasteiger partial charge in [0, 0.05) is 17.6 Å². The molecular weight excluding hydrogens is 383 g/mol. The molecule has 2 aliphatic rings. The van der Waals surface area contributed by atoms with Crippen LogP contribution < -0.4 is 0 Å². The van der Waals surface area contributed by atoms with Gasteiger partial charge >= 0.3 is 0 Å². The quantitative estimate of drug-likeness (QED) is 0.560. The molecule has 0 saturated carbocycles. The summed E-state index contributed by atoms with van der Waals surface area (Å²) in [7, 11) is 0. The van der Waals surface area contributed by atoms with Gasteiger partial charge in [0.15, 0.2) is 12.6 Å². The molecule has 4 nitrogen and oxygen atoms in total. The van der Waals surface area contributed by atoms with Crippen molar-refractivity contribution in [1.82, 2.24) is 0 Å². The highest BCUT2D eigenvalue weighted by atomic mass is 127. The molecule has 0 aromatic heterocycles. The van der Waals surface area contributed by atoms with E-state index in [9.17, 15) is 5.11 Å². The zero-order valence-electron chi connectivity index (χ0n) is 13.6. The third kappa shape index (κ3) is 8.69. The Morgan fingerprint density at radius 3 is 1.81 bits per heavy atom. The van der Waals surface area contributed by atoms with Gasteiger partial charge in [-0.05, 0) is 58.3 Å². The first-order chi connectivity index (χ1) is 9.93. The highest BCUT2D eigenvalue weighted by molar-refractivity contribution is 14.1. The van der Waals surface area contributed by atoms with Crippen molar-refractivity contribution in [1.29, 1.82) is 0 Å². The van der Waals surface area contributed by atoms with E-state index in [1.54, 1.807) is 0 Å². The van der Waals surface area contributed by atoms with Crippen molar-refractivity contribution in [2.75, 3.05) is 17.6 Å². The summed E-state index contributed by atoms with van der Waals surface area (Å²) in [5.74, 6) is 0.392. The Labute approximate surface area is 143 Å². The second-order valence-electron chi connectivity index (χ2n) is 6.44. The van der Waals surface area contributed by atoms with Crippen LogP contribution in [0.2, 0.25) is 0 Å². The summed E-state index contributed by atoms with van der Waals surface area (Å²) in [4.78, 5) is 0. The van der Waals surface area contributed by atoms with Gasteiger partial charge in [0.05, 0.1) is 5.60 Å². The molecule has 2 fully saturated rings. The monoisotopic (exact) mass is 414 g/mol. The minimum atomic E-state index is -0.499. The molecule has 0 aromatic carbocycles. The van der Waals surface area contributed by atoms with E-state index in [-0.39, 0.29) is 12.6 Å². The van der Waals surface area contributed by atoms with Crippen molar-refractivity contribution in [2.24, 2.45) is 5.92 Å². The SMILES string of the molecule is C1CCC(OC2CCCCO2)OC1.C[C@@H](CI)C(C)(C)O. The molecule has 1 N–H and O–H groups in total. The zero-order valence-corrected chi connectivity index (χ0v) is 15.8. The minimum absolute atomic E-state index is 0.00292. The highest BCUT2D eigenvalue weighted by Gasteiger charge is 2.22. The van der Waals surface area contributed by atoms with Gasteiger partial charge in [0.25, 0.3) is 0 Å². The molecule has 2 rings (SSSR count). The first-order valence-corrected chi connectivity index (χ1v) is 9.63. The molecule has 5 heteroatoms. The van der Waals surface area contributed by atoms with Crippen LogP contribution >= 0.6 is 22.6 Å². The Balaban J connectivity index is 0.000000240. The predicted molar refractivity (Wildman–Crippen MR) is 92.6 cm³/mol. The molecule has 3 atom stereocenters. The molecule has 0 radical (unpaired) electrons. The van der Waals surface area contributed by atoms with Gasteiger partial charge in [-0.15, -0.1) is 0 Å². The first-order valence-electron chi connectivity index (χ1n) is 8.10. The average molecular weight is 414 g/mol. The second-order valence-corrected chi connectivity index (χ2v) is 7.32. The lowest BCUT2D eigenvalue weighted by molar-refractivity contribution is -0.264. The summed E-state index contributed by atoms with van der Waals surface area (Å²) >= 11 is 2.28. The Hall–Kier alpha value is 0.570. The van der Waals surface area contributed by atoms with E-state index < -0.39 is 5.60 Å². The number of aliphatic hydroxyl groups is 1. The van der Waals surface area contributed by atoms with Gasteiger partial charge in [0.1, 0.15) is 0 Å². The number of alkyl halides is 1. The molecule has 0 amide bonds. The van der Waals surface area contributed by atoms with Crippen molar-refractivity contribution in [3.8, 4) is 0 Å². The number of ether oxygens (including phenoxy) is 3. The van der Waals surface area contributed by atoms with Crippen LogP contribution in [0.15, 0.2) is 0 Å². The zero-order chi connectivity index (χ0) is 15.7. The summed E-state index contributed by atoms with van der Waals surface area (Å²) in [6.45, 7) is 7.42. The van der Waals surface area contributed by atoms with E-state index in [0.717, 1.165) is 30.5 Å². The summed E-state index contributed by atoms with van der Waals surface area (Å²) < 4.78 is 17.7. The van der Waals surface area contributed by atoms with Crippen LogP contribution in [0.1, 0.15) is 59.3 Å². The Bertz CT molecular complexity index is 239. The normalized spacial score (nSPS) is 28.4. The maximum Gasteiger partial charge on any atom is 0.160 e. The summed E-state index contributed by atoms with van der Waals surface area (Å²) in [5, 5.41) is 9.28. The van der Waals surface area contributed by atoms with Gasteiger partial charge in [0.2, 0.25) is 0 Å².